The Hall–Kier alpha value is -2.60. The van der Waals surface area contributed by atoms with Crippen molar-refractivity contribution < 1.29 is 13.9 Å². The van der Waals surface area contributed by atoms with Crippen LogP contribution in [-0.2, 0) is 17.8 Å². The monoisotopic (exact) mass is 368 g/mol. The van der Waals surface area contributed by atoms with Crippen molar-refractivity contribution in [3.05, 3.63) is 58.8 Å². The topological polar surface area (TPSA) is 55.6 Å². The Labute approximate surface area is 156 Å². The van der Waals surface area contributed by atoms with E-state index in [1.54, 1.807) is 0 Å². The molecule has 0 N–H and O–H groups in total. The fourth-order valence-electron chi connectivity index (χ4n) is 3.06. The predicted octanol–water partition coefficient (Wildman–Crippen LogP) is 4.06. The van der Waals surface area contributed by atoms with Gasteiger partial charge in [-0.2, -0.15) is 0 Å². The summed E-state index contributed by atoms with van der Waals surface area (Å²) in [6.07, 6.45) is 0.280. The Morgan fingerprint density at radius 1 is 1.31 bits per heavy atom. The quantitative estimate of drug-likeness (QED) is 0.699. The van der Waals surface area contributed by atoms with Crippen molar-refractivity contribution in [2.45, 2.75) is 32.9 Å². The van der Waals surface area contributed by atoms with Gasteiger partial charge in [-0.3, -0.25) is 4.79 Å². The Balaban J connectivity index is 1.50. The van der Waals surface area contributed by atoms with Crippen LogP contribution in [0.3, 0.4) is 0 Å². The van der Waals surface area contributed by atoms with Crippen molar-refractivity contribution in [2.24, 2.45) is 0 Å². The maximum Gasteiger partial charge on any atom is 0.229 e. The summed E-state index contributed by atoms with van der Waals surface area (Å²) in [6, 6.07) is 11.7. The number of carbonyl (C=O) groups is 1. The van der Waals surface area contributed by atoms with Gasteiger partial charge in [-0.05, 0) is 32.0 Å². The van der Waals surface area contributed by atoms with Gasteiger partial charge >= 0.3 is 0 Å². The molecule has 5 nitrogen and oxygen atoms in total. The van der Waals surface area contributed by atoms with Crippen LogP contribution in [0, 0.1) is 6.92 Å². The smallest absolute Gasteiger partial charge is 0.229 e. The first-order valence-electron chi connectivity index (χ1n) is 8.61. The van der Waals surface area contributed by atoms with Gasteiger partial charge in [-0.25, -0.2) is 4.98 Å². The highest BCUT2D eigenvalue weighted by atomic mass is 32.1. The van der Waals surface area contributed by atoms with Gasteiger partial charge in [0.1, 0.15) is 18.1 Å². The number of hydrogen-bond acceptors (Lipinski definition) is 5. The number of aromatic nitrogens is 1. The van der Waals surface area contributed by atoms with Crippen LogP contribution in [0.5, 0.6) is 5.75 Å². The van der Waals surface area contributed by atoms with Crippen LogP contribution in [0.15, 0.2) is 46.2 Å². The zero-order valence-electron chi connectivity index (χ0n) is 14.8. The Kier molecular flexibility index (Phi) is 4.51. The molecule has 1 atom stereocenters. The summed E-state index contributed by atoms with van der Waals surface area (Å²) in [4.78, 5) is 19.3. The van der Waals surface area contributed by atoms with Crippen LogP contribution < -0.4 is 4.74 Å². The van der Waals surface area contributed by atoms with Crippen LogP contribution in [0.4, 0.5) is 0 Å². The number of fused-ring (bicyclic) bond motifs is 1. The molecule has 0 fully saturated rings. The van der Waals surface area contributed by atoms with Crippen molar-refractivity contribution in [2.75, 3.05) is 6.61 Å². The van der Waals surface area contributed by atoms with E-state index < -0.39 is 0 Å². The number of ether oxygens (including phenoxy) is 1. The SMILES string of the molecule is Cc1ccc(-c2nc(CC(=O)N3Cc4ccccc4OCC3C)cs2)o1. The number of aryl methyl sites for hydroxylation is 1. The maximum absolute atomic E-state index is 12.9. The van der Waals surface area contributed by atoms with E-state index >= 15 is 0 Å². The third-order valence-electron chi connectivity index (χ3n) is 4.48. The first kappa shape index (κ1) is 16.8. The standard InChI is InChI=1S/C20H20N2O3S/c1-13-11-24-17-6-4-3-5-15(17)10-22(13)19(23)9-16-12-26-20(21-16)18-8-7-14(2)25-18/h3-8,12-13H,9-11H2,1-2H3. The van der Waals surface area contributed by atoms with E-state index in [1.165, 1.54) is 11.3 Å². The van der Waals surface area contributed by atoms with Gasteiger partial charge in [-0.15, -0.1) is 11.3 Å². The Bertz CT molecular complexity index is 931. The molecule has 3 heterocycles. The average molecular weight is 368 g/mol. The van der Waals surface area contributed by atoms with Gasteiger partial charge in [0.15, 0.2) is 10.8 Å². The fraction of sp³-hybridized carbons (Fsp3) is 0.300. The molecule has 134 valence electrons. The molecular formula is C20H20N2O3S. The minimum Gasteiger partial charge on any atom is -0.491 e. The average Bonchev–Trinajstić information content (AvgIpc) is 3.23. The van der Waals surface area contributed by atoms with Crippen LogP contribution in [0.1, 0.15) is 23.9 Å². The van der Waals surface area contributed by atoms with Crippen molar-refractivity contribution in [3.8, 4) is 16.5 Å². The molecule has 2 aromatic heterocycles. The minimum absolute atomic E-state index is 0.0146. The molecule has 4 rings (SSSR count). The van der Waals surface area contributed by atoms with E-state index in [9.17, 15) is 4.79 Å². The molecule has 0 saturated heterocycles. The van der Waals surface area contributed by atoms with Crippen LogP contribution in [0.25, 0.3) is 10.8 Å². The normalized spacial score (nSPS) is 16.7. The third-order valence-corrected chi connectivity index (χ3v) is 5.39. The summed E-state index contributed by atoms with van der Waals surface area (Å²) in [5.41, 5.74) is 1.81. The van der Waals surface area contributed by atoms with Crippen LogP contribution in [0.2, 0.25) is 0 Å². The second kappa shape index (κ2) is 6.96. The number of hydrogen-bond donors (Lipinski definition) is 0. The maximum atomic E-state index is 12.9. The molecule has 1 unspecified atom stereocenters. The van der Waals surface area contributed by atoms with E-state index in [4.69, 9.17) is 9.15 Å². The highest BCUT2D eigenvalue weighted by molar-refractivity contribution is 7.13. The molecular weight excluding hydrogens is 348 g/mol. The number of amides is 1. The molecule has 26 heavy (non-hydrogen) atoms. The van der Waals surface area contributed by atoms with E-state index in [1.807, 2.05) is 60.5 Å². The molecule has 0 bridgehead atoms. The lowest BCUT2D eigenvalue weighted by Crippen LogP contribution is -2.40. The molecule has 1 aromatic carbocycles. The van der Waals surface area contributed by atoms with Gasteiger partial charge in [0.05, 0.1) is 18.2 Å². The number of rotatable bonds is 3. The van der Waals surface area contributed by atoms with Gasteiger partial charge in [0, 0.05) is 17.5 Å². The number of para-hydroxylation sites is 1. The molecule has 0 radical (unpaired) electrons. The summed E-state index contributed by atoms with van der Waals surface area (Å²) in [5.74, 6) is 2.52. The molecule has 1 aliphatic rings. The summed E-state index contributed by atoms with van der Waals surface area (Å²) in [7, 11) is 0. The van der Waals surface area contributed by atoms with Gasteiger partial charge in [0.25, 0.3) is 0 Å². The van der Waals surface area contributed by atoms with Gasteiger partial charge in [-0.1, -0.05) is 18.2 Å². The van der Waals surface area contributed by atoms with E-state index in [0.717, 1.165) is 33.5 Å². The zero-order valence-corrected chi connectivity index (χ0v) is 15.6. The highest BCUT2D eigenvalue weighted by Gasteiger charge is 2.26. The zero-order chi connectivity index (χ0) is 18.1. The lowest BCUT2D eigenvalue weighted by atomic mass is 10.1. The van der Waals surface area contributed by atoms with Gasteiger partial charge in [0.2, 0.25) is 5.91 Å². The highest BCUT2D eigenvalue weighted by Crippen LogP contribution is 2.27. The van der Waals surface area contributed by atoms with E-state index in [0.29, 0.717) is 13.2 Å². The largest absolute Gasteiger partial charge is 0.491 e. The Morgan fingerprint density at radius 2 is 2.15 bits per heavy atom. The first-order chi connectivity index (χ1) is 12.6. The van der Waals surface area contributed by atoms with Crippen molar-refractivity contribution in [1.82, 2.24) is 9.88 Å². The summed E-state index contributed by atoms with van der Waals surface area (Å²) < 4.78 is 11.4. The minimum atomic E-state index is 0.0146. The third kappa shape index (κ3) is 3.37. The van der Waals surface area contributed by atoms with Gasteiger partial charge < -0.3 is 14.1 Å². The second-order valence-electron chi connectivity index (χ2n) is 6.52. The second-order valence-corrected chi connectivity index (χ2v) is 7.38. The van der Waals surface area contributed by atoms with Crippen molar-refractivity contribution in [1.29, 1.82) is 0 Å². The van der Waals surface area contributed by atoms with E-state index in [2.05, 4.69) is 4.98 Å². The fourth-order valence-corrected chi connectivity index (χ4v) is 3.84. The Morgan fingerprint density at radius 3 is 2.96 bits per heavy atom. The van der Waals surface area contributed by atoms with Crippen molar-refractivity contribution in [3.63, 3.8) is 0 Å². The van der Waals surface area contributed by atoms with Crippen molar-refractivity contribution >= 4 is 17.2 Å². The molecule has 0 saturated carbocycles. The van der Waals surface area contributed by atoms with Crippen LogP contribution in [-0.4, -0.2) is 28.4 Å². The molecule has 3 aromatic rings. The number of benzene rings is 1. The van der Waals surface area contributed by atoms with Crippen LogP contribution >= 0.6 is 11.3 Å². The lowest BCUT2D eigenvalue weighted by Gasteiger charge is -2.26. The first-order valence-corrected chi connectivity index (χ1v) is 9.49. The lowest BCUT2D eigenvalue weighted by molar-refractivity contribution is -0.133. The van der Waals surface area contributed by atoms with E-state index in [-0.39, 0.29) is 18.4 Å². The molecule has 1 amide bonds. The number of carbonyl (C=O) groups excluding carboxylic acids is 1. The summed E-state index contributed by atoms with van der Waals surface area (Å²) in [5, 5.41) is 2.73. The summed E-state index contributed by atoms with van der Waals surface area (Å²) >= 11 is 1.50. The number of nitrogens with zero attached hydrogens (tertiary/aromatic N) is 2. The molecule has 0 spiro atoms. The number of furan rings is 1. The number of thiazole rings is 1. The molecule has 0 aliphatic carbocycles. The summed E-state index contributed by atoms with van der Waals surface area (Å²) in [6.45, 7) is 4.98. The molecule has 1 aliphatic heterocycles. The molecule has 6 heteroatoms. The predicted molar refractivity (Wildman–Crippen MR) is 100 cm³/mol.